The van der Waals surface area contributed by atoms with Crippen molar-refractivity contribution in [2.75, 3.05) is 0 Å². The van der Waals surface area contributed by atoms with Crippen molar-refractivity contribution in [3.05, 3.63) is 12.2 Å². The van der Waals surface area contributed by atoms with E-state index in [1.54, 1.807) is 0 Å². The van der Waals surface area contributed by atoms with Crippen molar-refractivity contribution < 1.29 is 0 Å². The summed E-state index contributed by atoms with van der Waals surface area (Å²) in [6, 6.07) is 0. The molecule has 0 saturated carbocycles. The largest absolute Gasteiger partial charge is 0.0885 e. The van der Waals surface area contributed by atoms with Gasteiger partial charge in [-0.25, -0.2) is 0 Å². The van der Waals surface area contributed by atoms with Gasteiger partial charge in [0.15, 0.2) is 0 Å². The normalized spacial score (nSPS) is 14.1. The Bertz CT molecular complexity index is 92.2. The molecule has 0 N–H and O–H groups in total. The Balaban J connectivity index is 3.12. The SMILES string of the molecule is CCCC=CCCC(C)CC. The second-order valence-corrected chi connectivity index (χ2v) is 3.35. The van der Waals surface area contributed by atoms with Gasteiger partial charge in [-0.05, 0) is 25.2 Å². The highest BCUT2D eigenvalue weighted by Crippen LogP contribution is 2.09. The third-order valence-electron chi connectivity index (χ3n) is 2.15. The average Bonchev–Trinajstić information content (AvgIpc) is 2.04. The molecule has 0 aromatic carbocycles. The lowest BCUT2D eigenvalue weighted by Gasteiger charge is -2.03. The summed E-state index contributed by atoms with van der Waals surface area (Å²) >= 11 is 0. The standard InChI is InChI=1S/C11H22/c1-4-6-7-8-9-10-11(3)5-2/h7-8,11H,4-6,9-10H2,1-3H3. The molecular formula is C11H22. The van der Waals surface area contributed by atoms with Gasteiger partial charge in [0, 0.05) is 0 Å². The van der Waals surface area contributed by atoms with Crippen molar-refractivity contribution in [3.63, 3.8) is 0 Å². The van der Waals surface area contributed by atoms with Crippen LogP contribution in [0.1, 0.15) is 52.9 Å². The van der Waals surface area contributed by atoms with E-state index in [-0.39, 0.29) is 0 Å². The molecule has 1 atom stereocenters. The van der Waals surface area contributed by atoms with Crippen molar-refractivity contribution >= 4 is 0 Å². The predicted molar refractivity (Wildman–Crippen MR) is 52.7 cm³/mol. The van der Waals surface area contributed by atoms with Gasteiger partial charge in [0.25, 0.3) is 0 Å². The molecule has 0 saturated heterocycles. The quantitative estimate of drug-likeness (QED) is 0.504. The van der Waals surface area contributed by atoms with Crippen LogP contribution in [0.25, 0.3) is 0 Å². The zero-order valence-corrected chi connectivity index (χ0v) is 8.27. The second kappa shape index (κ2) is 7.84. The zero-order valence-electron chi connectivity index (χ0n) is 8.27. The fourth-order valence-corrected chi connectivity index (χ4v) is 0.987. The van der Waals surface area contributed by atoms with Crippen LogP contribution in [0.15, 0.2) is 12.2 Å². The number of unbranched alkanes of at least 4 members (excludes halogenated alkanes) is 1. The zero-order chi connectivity index (χ0) is 8.53. The van der Waals surface area contributed by atoms with Crippen molar-refractivity contribution in [3.8, 4) is 0 Å². The molecule has 0 fully saturated rings. The van der Waals surface area contributed by atoms with Gasteiger partial charge in [-0.2, -0.15) is 0 Å². The third-order valence-corrected chi connectivity index (χ3v) is 2.15. The maximum atomic E-state index is 2.33. The lowest BCUT2D eigenvalue weighted by atomic mass is 10.0. The molecule has 0 heteroatoms. The fourth-order valence-electron chi connectivity index (χ4n) is 0.987. The first kappa shape index (κ1) is 10.7. The molecule has 0 rings (SSSR count). The molecule has 0 nitrogen and oxygen atoms in total. The molecular weight excluding hydrogens is 132 g/mol. The molecule has 0 aromatic heterocycles. The first-order chi connectivity index (χ1) is 5.31. The summed E-state index contributed by atoms with van der Waals surface area (Å²) in [6.07, 6.45) is 11.1. The Morgan fingerprint density at radius 3 is 2.27 bits per heavy atom. The molecule has 0 aliphatic rings. The van der Waals surface area contributed by atoms with Gasteiger partial charge in [0.2, 0.25) is 0 Å². The van der Waals surface area contributed by atoms with Gasteiger partial charge in [-0.1, -0.05) is 45.8 Å². The van der Waals surface area contributed by atoms with Gasteiger partial charge < -0.3 is 0 Å². The van der Waals surface area contributed by atoms with Crippen LogP contribution in [0.4, 0.5) is 0 Å². The molecule has 0 spiro atoms. The van der Waals surface area contributed by atoms with Crippen LogP contribution < -0.4 is 0 Å². The minimum Gasteiger partial charge on any atom is -0.0885 e. The molecule has 0 amide bonds. The Labute approximate surface area is 71.7 Å². The fraction of sp³-hybridized carbons (Fsp3) is 0.818. The van der Waals surface area contributed by atoms with Gasteiger partial charge in [-0.3, -0.25) is 0 Å². The van der Waals surface area contributed by atoms with Gasteiger partial charge >= 0.3 is 0 Å². The second-order valence-electron chi connectivity index (χ2n) is 3.35. The van der Waals surface area contributed by atoms with Gasteiger partial charge in [-0.15, -0.1) is 0 Å². The highest BCUT2D eigenvalue weighted by atomic mass is 14.0. The van der Waals surface area contributed by atoms with E-state index < -0.39 is 0 Å². The highest BCUT2D eigenvalue weighted by molar-refractivity contribution is 4.81. The highest BCUT2D eigenvalue weighted by Gasteiger charge is 1.94. The van der Waals surface area contributed by atoms with Crippen LogP contribution in [0.2, 0.25) is 0 Å². The van der Waals surface area contributed by atoms with Crippen LogP contribution in [-0.4, -0.2) is 0 Å². The molecule has 0 heterocycles. The van der Waals surface area contributed by atoms with E-state index in [0.717, 1.165) is 5.92 Å². The number of rotatable bonds is 6. The molecule has 0 radical (unpaired) electrons. The molecule has 1 unspecified atom stereocenters. The van der Waals surface area contributed by atoms with Crippen molar-refractivity contribution in [1.82, 2.24) is 0 Å². The van der Waals surface area contributed by atoms with Gasteiger partial charge in [0.05, 0.1) is 0 Å². The summed E-state index contributed by atoms with van der Waals surface area (Å²) in [5.74, 6) is 0.904. The molecule has 11 heavy (non-hydrogen) atoms. The average molecular weight is 154 g/mol. The van der Waals surface area contributed by atoms with Crippen molar-refractivity contribution in [1.29, 1.82) is 0 Å². The van der Waals surface area contributed by atoms with Gasteiger partial charge in [0.1, 0.15) is 0 Å². The Hall–Kier alpha value is -0.260. The molecule has 0 aliphatic heterocycles. The first-order valence-electron chi connectivity index (χ1n) is 4.96. The van der Waals surface area contributed by atoms with E-state index in [0.29, 0.717) is 0 Å². The number of allylic oxidation sites excluding steroid dienone is 2. The third kappa shape index (κ3) is 7.64. The lowest BCUT2D eigenvalue weighted by Crippen LogP contribution is -1.89. The minimum absolute atomic E-state index is 0.904. The van der Waals surface area contributed by atoms with E-state index in [9.17, 15) is 0 Å². The van der Waals surface area contributed by atoms with E-state index in [1.807, 2.05) is 0 Å². The van der Waals surface area contributed by atoms with E-state index in [1.165, 1.54) is 32.1 Å². The van der Waals surface area contributed by atoms with Crippen LogP contribution in [-0.2, 0) is 0 Å². The summed E-state index contributed by atoms with van der Waals surface area (Å²) in [5, 5.41) is 0. The van der Waals surface area contributed by atoms with Crippen molar-refractivity contribution in [2.24, 2.45) is 5.92 Å². The van der Waals surface area contributed by atoms with E-state index in [4.69, 9.17) is 0 Å². The maximum Gasteiger partial charge on any atom is -0.0348 e. The predicted octanol–water partition coefficient (Wildman–Crippen LogP) is 4.17. The lowest BCUT2D eigenvalue weighted by molar-refractivity contribution is 0.521. The molecule has 66 valence electrons. The summed E-state index contributed by atoms with van der Waals surface area (Å²) < 4.78 is 0. The van der Waals surface area contributed by atoms with Crippen LogP contribution in [0, 0.1) is 5.92 Å². The summed E-state index contributed by atoms with van der Waals surface area (Å²) in [4.78, 5) is 0. The molecule has 0 aliphatic carbocycles. The van der Waals surface area contributed by atoms with Crippen molar-refractivity contribution in [2.45, 2.75) is 52.9 Å². The number of hydrogen-bond donors (Lipinski definition) is 0. The summed E-state index contributed by atoms with van der Waals surface area (Å²) in [6.45, 7) is 6.81. The van der Waals surface area contributed by atoms with E-state index in [2.05, 4.69) is 32.9 Å². The summed E-state index contributed by atoms with van der Waals surface area (Å²) in [7, 11) is 0. The van der Waals surface area contributed by atoms with Crippen LogP contribution in [0.3, 0.4) is 0 Å². The smallest absolute Gasteiger partial charge is 0.0348 e. The van der Waals surface area contributed by atoms with Crippen LogP contribution in [0.5, 0.6) is 0 Å². The maximum absolute atomic E-state index is 2.33. The molecule has 0 aromatic rings. The van der Waals surface area contributed by atoms with Crippen LogP contribution >= 0.6 is 0 Å². The Morgan fingerprint density at radius 2 is 1.73 bits per heavy atom. The number of hydrogen-bond acceptors (Lipinski definition) is 0. The Morgan fingerprint density at radius 1 is 1.09 bits per heavy atom. The van der Waals surface area contributed by atoms with E-state index >= 15 is 0 Å². The monoisotopic (exact) mass is 154 g/mol. The Kier molecular flexibility index (Phi) is 7.66. The molecule has 0 bridgehead atoms. The summed E-state index contributed by atoms with van der Waals surface area (Å²) in [5.41, 5.74) is 0. The minimum atomic E-state index is 0.904. The first-order valence-corrected chi connectivity index (χ1v) is 4.96. The topological polar surface area (TPSA) is 0 Å².